The number of non-ortho nitro benzene ring substituents is 1. The van der Waals surface area contributed by atoms with Crippen molar-refractivity contribution in [1.29, 1.82) is 0 Å². The molecule has 9 heteroatoms. The van der Waals surface area contributed by atoms with E-state index in [-0.39, 0.29) is 24.6 Å². The van der Waals surface area contributed by atoms with Gasteiger partial charge < -0.3 is 20.7 Å². The van der Waals surface area contributed by atoms with Gasteiger partial charge in [-0.05, 0) is 32.9 Å². The van der Waals surface area contributed by atoms with E-state index in [1.54, 1.807) is 32.9 Å². The summed E-state index contributed by atoms with van der Waals surface area (Å²) in [6.45, 7) is 6.34. The van der Waals surface area contributed by atoms with Crippen LogP contribution < -0.4 is 16.0 Å². The van der Waals surface area contributed by atoms with Crippen LogP contribution in [-0.4, -0.2) is 42.2 Å². The predicted molar refractivity (Wildman–Crippen MR) is 93.4 cm³/mol. The molecule has 2 amide bonds. The Balaban J connectivity index is 2.14. The highest BCUT2D eigenvalue weighted by Gasteiger charge is 2.15. The Bertz CT molecular complexity index is 596. The van der Waals surface area contributed by atoms with Gasteiger partial charge >= 0.3 is 6.09 Å². The second-order valence-corrected chi connectivity index (χ2v) is 6.26. The van der Waals surface area contributed by atoms with E-state index in [1.165, 1.54) is 12.1 Å². The Kier molecular flexibility index (Phi) is 7.64. The van der Waals surface area contributed by atoms with Gasteiger partial charge in [0.2, 0.25) is 5.91 Å². The minimum atomic E-state index is -0.574. The second kappa shape index (κ2) is 9.45. The van der Waals surface area contributed by atoms with Crippen LogP contribution in [-0.2, 0) is 9.53 Å². The Morgan fingerprint density at radius 2 is 1.72 bits per heavy atom. The summed E-state index contributed by atoms with van der Waals surface area (Å²) < 4.78 is 5.06. The first-order valence-electron chi connectivity index (χ1n) is 7.89. The number of carbonyl (C=O) groups is 2. The molecule has 3 N–H and O–H groups in total. The van der Waals surface area contributed by atoms with E-state index in [0.29, 0.717) is 13.1 Å². The van der Waals surface area contributed by atoms with Crippen molar-refractivity contribution in [3.8, 4) is 0 Å². The fourth-order valence-electron chi connectivity index (χ4n) is 1.79. The number of anilines is 1. The smallest absolute Gasteiger partial charge is 0.407 e. The van der Waals surface area contributed by atoms with Crippen LogP contribution in [0.25, 0.3) is 0 Å². The fourth-order valence-corrected chi connectivity index (χ4v) is 1.79. The molecule has 0 radical (unpaired) electrons. The topological polar surface area (TPSA) is 123 Å². The lowest BCUT2D eigenvalue weighted by Crippen LogP contribution is -2.36. The second-order valence-electron chi connectivity index (χ2n) is 6.26. The zero-order valence-electron chi connectivity index (χ0n) is 14.6. The number of nitro benzene ring substituents is 1. The molecule has 0 fully saturated rings. The van der Waals surface area contributed by atoms with Crippen molar-refractivity contribution in [2.75, 3.05) is 25.0 Å². The highest BCUT2D eigenvalue weighted by atomic mass is 16.6. The maximum Gasteiger partial charge on any atom is 0.407 e. The third-order valence-electron chi connectivity index (χ3n) is 2.87. The monoisotopic (exact) mass is 352 g/mol. The van der Waals surface area contributed by atoms with Gasteiger partial charge in [0, 0.05) is 43.9 Å². The molecule has 0 heterocycles. The fraction of sp³-hybridized carbons (Fsp3) is 0.500. The van der Waals surface area contributed by atoms with E-state index < -0.39 is 16.6 Å². The molecular weight excluding hydrogens is 328 g/mol. The molecule has 0 atom stereocenters. The third kappa shape index (κ3) is 9.14. The maximum absolute atomic E-state index is 11.6. The van der Waals surface area contributed by atoms with Crippen LogP contribution in [0.1, 0.15) is 27.2 Å². The van der Waals surface area contributed by atoms with Gasteiger partial charge in [-0.1, -0.05) is 0 Å². The third-order valence-corrected chi connectivity index (χ3v) is 2.87. The number of alkyl carbamates (subject to hydrolysis) is 1. The molecule has 0 unspecified atom stereocenters. The van der Waals surface area contributed by atoms with Crippen molar-refractivity contribution >= 4 is 23.4 Å². The van der Waals surface area contributed by atoms with Crippen molar-refractivity contribution < 1.29 is 19.2 Å². The number of amides is 2. The first-order valence-corrected chi connectivity index (χ1v) is 7.89. The lowest BCUT2D eigenvalue weighted by Gasteiger charge is -2.19. The normalized spacial score (nSPS) is 10.7. The molecule has 9 nitrogen and oxygen atoms in total. The maximum atomic E-state index is 11.6. The molecule has 0 saturated carbocycles. The predicted octanol–water partition coefficient (Wildman–Crippen LogP) is 2.04. The number of carbonyl (C=O) groups excluding carboxylic acids is 2. The summed E-state index contributed by atoms with van der Waals surface area (Å²) in [6.07, 6.45) is -0.406. The number of hydrogen-bond acceptors (Lipinski definition) is 6. The lowest BCUT2D eigenvalue weighted by atomic mass is 10.2. The standard InChI is InChI=1S/C16H24N4O5/c1-16(2,3)25-15(22)19-9-8-14(21)18-11-10-17-12-4-6-13(7-5-12)20(23)24/h4-7,17H,8-11H2,1-3H3,(H,18,21)(H,19,22). The van der Waals surface area contributed by atoms with Crippen LogP contribution in [0.5, 0.6) is 0 Å². The zero-order chi connectivity index (χ0) is 18.9. The molecular formula is C16H24N4O5. The Morgan fingerprint density at radius 3 is 2.28 bits per heavy atom. The minimum absolute atomic E-state index is 0.0244. The van der Waals surface area contributed by atoms with Crippen molar-refractivity contribution in [3.05, 3.63) is 34.4 Å². The Labute approximate surface area is 146 Å². The van der Waals surface area contributed by atoms with Crippen LogP contribution in [0.4, 0.5) is 16.2 Å². The number of nitrogens with one attached hydrogen (secondary N) is 3. The summed E-state index contributed by atoms with van der Waals surface area (Å²) in [7, 11) is 0. The first-order chi connectivity index (χ1) is 11.7. The average molecular weight is 352 g/mol. The molecule has 1 aromatic carbocycles. The van der Waals surface area contributed by atoms with Gasteiger partial charge in [-0.2, -0.15) is 0 Å². The van der Waals surface area contributed by atoms with Gasteiger partial charge in [-0.3, -0.25) is 14.9 Å². The lowest BCUT2D eigenvalue weighted by molar-refractivity contribution is -0.384. The SMILES string of the molecule is CC(C)(C)OC(=O)NCCC(=O)NCCNc1ccc([N+](=O)[O-])cc1. The summed E-state index contributed by atoms with van der Waals surface area (Å²) in [5.74, 6) is -0.193. The Morgan fingerprint density at radius 1 is 1.08 bits per heavy atom. The van der Waals surface area contributed by atoms with E-state index >= 15 is 0 Å². The van der Waals surface area contributed by atoms with Gasteiger partial charge in [-0.15, -0.1) is 0 Å². The Hall–Kier alpha value is -2.84. The summed E-state index contributed by atoms with van der Waals surface area (Å²) in [6, 6.07) is 6.02. The molecule has 0 aliphatic carbocycles. The summed E-state index contributed by atoms with van der Waals surface area (Å²) in [4.78, 5) is 33.1. The van der Waals surface area contributed by atoms with Gasteiger partial charge in [0.05, 0.1) is 4.92 Å². The van der Waals surface area contributed by atoms with Crippen molar-refractivity contribution in [1.82, 2.24) is 10.6 Å². The van der Waals surface area contributed by atoms with Gasteiger partial charge in [0.15, 0.2) is 0 Å². The van der Waals surface area contributed by atoms with E-state index in [4.69, 9.17) is 4.74 Å². The number of benzene rings is 1. The number of nitro groups is 1. The van der Waals surface area contributed by atoms with Gasteiger partial charge in [0.1, 0.15) is 5.60 Å². The number of nitrogens with zero attached hydrogens (tertiary/aromatic N) is 1. The molecule has 0 aromatic heterocycles. The molecule has 1 rings (SSSR count). The van der Waals surface area contributed by atoms with E-state index in [2.05, 4.69) is 16.0 Å². The average Bonchev–Trinajstić information content (AvgIpc) is 2.50. The molecule has 0 bridgehead atoms. The molecule has 25 heavy (non-hydrogen) atoms. The molecule has 138 valence electrons. The van der Waals surface area contributed by atoms with Crippen LogP contribution in [0, 0.1) is 10.1 Å². The van der Waals surface area contributed by atoms with E-state index in [1.807, 2.05) is 0 Å². The number of rotatable bonds is 8. The zero-order valence-corrected chi connectivity index (χ0v) is 14.6. The molecule has 0 saturated heterocycles. The highest BCUT2D eigenvalue weighted by Crippen LogP contribution is 2.14. The van der Waals surface area contributed by atoms with Crippen molar-refractivity contribution in [2.45, 2.75) is 32.8 Å². The largest absolute Gasteiger partial charge is 0.444 e. The first kappa shape index (κ1) is 20.2. The van der Waals surface area contributed by atoms with E-state index in [0.717, 1.165) is 5.69 Å². The van der Waals surface area contributed by atoms with Crippen molar-refractivity contribution in [3.63, 3.8) is 0 Å². The highest BCUT2D eigenvalue weighted by molar-refractivity contribution is 5.77. The van der Waals surface area contributed by atoms with Crippen molar-refractivity contribution in [2.24, 2.45) is 0 Å². The summed E-state index contributed by atoms with van der Waals surface area (Å²) in [5, 5.41) is 18.8. The van der Waals surface area contributed by atoms with E-state index in [9.17, 15) is 19.7 Å². The summed E-state index contributed by atoms with van der Waals surface area (Å²) in [5.41, 5.74) is 0.179. The van der Waals surface area contributed by atoms with Gasteiger partial charge in [0.25, 0.3) is 5.69 Å². The molecule has 0 aliphatic heterocycles. The molecule has 0 aliphatic rings. The van der Waals surface area contributed by atoms with Crippen LogP contribution in [0.15, 0.2) is 24.3 Å². The molecule has 1 aromatic rings. The van der Waals surface area contributed by atoms with Gasteiger partial charge in [-0.25, -0.2) is 4.79 Å². The number of ether oxygens (including phenoxy) is 1. The quantitative estimate of drug-likeness (QED) is 0.374. The van der Waals surface area contributed by atoms with Crippen LogP contribution in [0.3, 0.4) is 0 Å². The minimum Gasteiger partial charge on any atom is -0.444 e. The van der Waals surface area contributed by atoms with Crippen LogP contribution >= 0.6 is 0 Å². The summed E-state index contributed by atoms with van der Waals surface area (Å²) >= 11 is 0. The molecule has 0 spiro atoms. The van der Waals surface area contributed by atoms with Crippen LogP contribution in [0.2, 0.25) is 0 Å². The number of hydrogen-bond donors (Lipinski definition) is 3.